The van der Waals surface area contributed by atoms with E-state index in [1.807, 2.05) is 0 Å². The second kappa shape index (κ2) is 16.7. The van der Waals surface area contributed by atoms with Crippen LogP contribution in [0.15, 0.2) is 4.99 Å². The van der Waals surface area contributed by atoms with E-state index in [2.05, 4.69) is 11.9 Å². The van der Waals surface area contributed by atoms with Crippen molar-refractivity contribution in [3.05, 3.63) is 0 Å². The number of carbonyl (C=O) groups is 1. The topological polar surface area (TPSA) is 93.0 Å². The van der Waals surface area contributed by atoms with Gasteiger partial charge in [-0.3, -0.25) is 4.99 Å². The van der Waals surface area contributed by atoms with Gasteiger partial charge >= 0.3 is 35.5 Å². The molecule has 0 heterocycles. The molecule has 0 saturated carbocycles. The molecule has 0 amide bonds. The van der Waals surface area contributed by atoms with Gasteiger partial charge in [0.15, 0.2) is 6.04 Å². The van der Waals surface area contributed by atoms with Gasteiger partial charge in [0.05, 0.1) is 6.10 Å². The molecule has 0 aliphatic heterocycles. The number of aliphatic imine (C=N–C) groups is 1. The summed E-state index contributed by atoms with van der Waals surface area (Å²) >= 11 is 0. The molecule has 0 fully saturated rings. The molecular weight excluding hydrogens is 305 g/mol. The van der Waals surface area contributed by atoms with Crippen LogP contribution in [-0.4, -0.2) is 34.2 Å². The number of aliphatic hydroxyl groups excluding tert-OH is 1. The standard InChI is InChI=1S/C17H33NO4.Na/c1-3-4-5-6-7-8-9-10-11-12-13-15(20)18-16(14(2)19)17(21)22;/h14,16,19H,3-13H2,1-2H3,(H,18,20)(H,21,22);/q;+1/p-1/t14-,16+;/m1./s1. The fraction of sp³-hybridized carbons (Fsp3) is 0.882. The Kier molecular flexibility index (Phi) is 18.3. The molecule has 5 nitrogen and oxygen atoms in total. The molecule has 0 aromatic carbocycles. The number of rotatable bonds is 14. The summed E-state index contributed by atoms with van der Waals surface area (Å²) in [5.74, 6) is -1.68. The van der Waals surface area contributed by atoms with Crippen LogP contribution in [0.1, 0.15) is 84.5 Å². The Morgan fingerprint density at radius 2 is 1.43 bits per heavy atom. The van der Waals surface area contributed by atoms with E-state index < -0.39 is 24.0 Å². The zero-order valence-electron chi connectivity index (χ0n) is 15.1. The SMILES string of the molecule is CCCCCCCCCCCCC([O-])=N[C@H](C(=O)O)[C@@H](C)O.[Na+]. The quantitative estimate of drug-likeness (QED) is 0.200. The normalized spacial score (nSPS) is 14.1. The van der Waals surface area contributed by atoms with E-state index in [9.17, 15) is 15.0 Å². The summed E-state index contributed by atoms with van der Waals surface area (Å²) in [6.45, 7) is 3.55. The van der Waals surface area contributed by atoms with E-state index in [1.54, 1.807) is 0 Å². The van der Waals surface area contributed by atoms with Gasteiger partial charge in [-0.15, -0.1) is 0 Å². The summed E-state index contributed by atoms with van der Waals surface area (Å²) in [5, 5.41) is 29.6. The minimum Gasteiger partial charge on any atom is -0.862 e. The predicted molar refractivity (Wildman–Crippen MR) is 87.0 cm³/mol. The molecule has 0 aliphatic rings. The Labute approximate surface area is 162 Å². The molecule has 0 spiro atoms. The van der Waals surface area contributed by atoms with Crippen LogP contribution in [0, 0.1) is 0 Å². The number of unbranched alkanes of at least 4 members (excludes halogenated alkanes) is 9. The third-order valence-corrected chi connectivity index (χ3v) is 3.74. The van der Waals surface area contributed by atoms with Gasteiger partial charge in [0, 0.05) is 0 Å². The average Bonchev–Trinajstić information content (AvgIpc) is 2.46. The largest absolute Gasteiger partial charge is 1.00 e. The summed E-state index contributed by atoms with van der Waals surface area (Å²) < 4.78 is 0. The van der Waals surface area contributed by atoms with E-state index in [0.29, 0.717) is 0 Å². The molecule has 0 bridgehead atoms. The van der Waals surface area contributed by atoms with Crippen LogP contribution in [0.3, 0.4) is 0 Å². The number of carboxylic acids is 1. The van der Waals surface area contributed by atoms with Crippen LogP contribution in [0.4, 0.5) is 0 Å². The second-order valence-corrected chi connectivity index (χ2v) is 5.98. The summed E-state index contributed by atoms with van der Waals surface area (Å²) in [6, 6.07) is -1.34. The van der Waals surface area contributed by atoms with Crippen LogP contribution < -0.4 is 34.7 Å². The average molecular weight is 337 g/mol. The number of nitrogens with zero attached hydrogens (tertiary/aromatic N) is 1. The van der Waals surface area contributed by atoms with Gasteiger partial charge in [-0.25, -0.2) is 4.79 Å². The fourth-order valence-electron chi connectivity index (χ4n) is 2.35. The van der Waals surface area contributed by atoms with E-state index in [4.69, 9.17) is 5.11 Å². The number of aliphatic carboxylic acids is 1. The van der Waals surface area contributed by atoms with Gasteiger partial charge < -0.3 is 15.3 Å². The van der Waals surface area contributed by atoms with Gasteiger partial charge in [-0.05, 0) is 25.7 Å². The zero-order chi connectivity index (χ0) is 16.8. The van der Waals surface area contributed by atoms with Gasteiger partial charge in [0.1, 0.15) is 0 Å². The first-order valence-electron chi connectivity index (χ1n) is 8.63. The molecule has 6 heteroatoms. The van der Waals surface area contributed by atoms with Crippen molar-refractivity contribution in [3.8, 4) is 0 Å². The summed E-state index contributed by atoms with van der Waals surface area (Å²) in [7, 11) is 0. The molecule has 2 atom stereocenters. The van der Waals surface area contributed by atoms with E-state index in [1.165, 1.54) is 51.9 Å². The predicted octanol–water partition coefficient (Wildman–Crippen LogP) is -0.106. The first-order valence-corrected chi connectivity index (χ1v) is 8.63. The summed E-state index contributed by atoms with van der Waals surface area (Å²) in [6.07, 6.45) is 11.0. The summed E-state index contributed by atoms with van der Waals surface area (Å²) in [5.41, 5.74) is 0. The van der Waals surface area contributed by atoms with E-state index in [0.717, 1.165) is 19.3 Å². The third kappa shape index (κ3) is 15.2. The van der Waals surface area contributed by atoms with E-state index in [-0.39, 0.29) is 36.0 Å². The van der Waals surface area contributed by atoms with Gasteiger partial charge in [0.2, 0.25) is 0 Å². The van der Waals surface area contributed by atoms with Crippen LogP contribution in [0.25, 0.3) is 0 Å². The summed E-state index contributed by atoms with van der Waals surface area (Å²) in [4.78, 5) is 14.4. The van der Waals surface area contributed by atoms with Crippen molar-refractivity contribution in [2.24, 2.45) is 4.99 Å². The van der Waals surface area contributed by atoms with E-state index >= 15 is 0 Å². The van der Waals surface area contributed by atoms with Crippen LogP contribution in [0.5, 0.6) is 0 Å². The molecule has 23 heavy (non-hydrogen) atoms. The molecule has 0 saturated heterocycles. The van der Waals surface area contributed by atoms with Gasteiger partial charge in [-0.2, -0.15) is 0 Å². The van der Waals surface area contributed by atoms with Crippen LogP contribution in [0.2, 0.25) is 0 Å². The molecule has 0 unspecified atom stereocenters. The maximum absolute atomic E-state index is 11.6. The number of aliphatic hydroxyl groups is 1. The fourth-order valence-corrected chi connectivity index (χ4v) is 2.35. The van der Waals surface area contributed by atoms with Crippen LogP contribution >= 0.6 is 0 Å². The van der Waals surface area contributed by atoms with Crippen molar-refractivity contribution in [3.63, 3.8) is 0 Å². The molecule has 0 aromatic heterocycles. The maximum Gasteiger partial charge on any atom is 1.00 e. The van der Waals surface area contributed by atoms with Crippen molar-refractivity contribution >= 4 is 11.9 Å². The Morgan fingerprint density at radius 1 is 1.00 bits per heavy atom. The molecule has 0 aromatic rings. The smallest absolute Gasteiger partial charge is 0.862 e. The maximum atomic E-state index is 11.6. The van der Waals surface area contributed by atoms with Crippen molar-refractivity contribution in [1.29, 1.82) is 0 Å². The number of hydrogen-bond acceptors (Lipinski definition) is 4. The molecular formula is C17H32NNaO4. The number of carboxylic acid groups (broad SMARTS) is 1. The monoisotopic (exact) mass is 337 g/mol. The Morgan fingerprint density at radius 3 is 1.83 bits per heavy atom. The number of hydrogen-bond donors (Lipinski definition) is 2. The molecule has 2 N–H and O–H groups in total. The van der Waals surface area contributed by atoms with Crippen LogP contribution in [-0.2, 0) is 4.79 Å². The van der Waals surface area contributed by atoms with Crippen molar-refractivity contribution in [2.75, 3.05) is 0 Å². The first-order chi connectivity index (χ1) is 10.5. The minimum atomic E-state index is -1.34. The Hall–Kier alpha value is -0.100. The van der Waals surface area contributed by atoms with Crippen molar-refractivity contribution in [2.45, 2.75) is 96.6 Å². The van der Waals surface area contributed by atoms with Gasteiger partial charge in [0.25, 0.3) is 0 Å². The molecule has 0 aliphatic carbocycles. The first kappa shape index (κ1) is 25.1. The Balaban J connectivity index is 0. The van der Waals surface area contributed by atoms with Gasteiger partial charge in [-0.1, -0.05) is 64.7 Å². The third-order valence-electron chi connectivity index (χ3n) is 3.74. The van der Waals surface area contributed by atoms with Crippen molar-refractivity contribution < 1.29 is 49.7 Å². The second-order valence-electron chi connectivity index (χ2n) is 5.98. The Bertz CT molecular complexity index is 322. The molecule has 0 rings (SSSR count). The zero-order valence-corrected chi connectivity index (χ0v) is 17.1. The van der Waals surface area contributed by atoms with Crippen molar-refractivity contribution in [1.82, 2.24) is 0 Å². The molecule has 0 radical (unpaired) electrons. The minimum absolute atomic E-state index is 0. The molecule has 130 valence electrons.